The maximum Gasteiger partial charge on any atom is 0.262 e. The van der Waals surface area contributed by atoms with E-state index < -0.39 is 15.6 Å². The van der Waals surface area contributed by atoms with Gasteiger partial charge in [0.25, 0.3) is 10.0 Å². The van der Waals surface area contributed by atoms with Gasteiger partial charge in [0.2, 0.25) is 11.8 Å². The van der Waals surface area contributed by atoms with E-state index in [1.54, 1.807) is 37.3 Å². The summed E-state index contributed by atoms with van der Waals surface area (Å²) in [7, 11) is -3.91. The van der Waals surface area contributed by atoms with Crippen molar-refractivity contribution in [1.29, 1.82) is 0 Å². The summed E-state index contributed by atoms with van der Waals surface area (Å²) < 4.78 is 28.4. The maximum atomic E-state index is 13.1. The van der Waals surface area contributed by atoms with Gasteiger partial charge in [0, 0.05) is 17.6 Å². The molecule has 0 atom stereocenters. The first-order chi connectivity index (χ1) is 14.6. The molecule has 9 heteroatoms. The standard InChI is InChI=1S/C22H26ClN3O4S/c1-15-9-10-18(24-21(28)22(25-16(2)27)11-4-3-5-12-22)14-20(15)31(29,30)26-19-8-6-7-17(23)13-19/h6-10,13-14,26H,3-5,11-12H2,1-2H3,(H,24,28)(H,25,27). The number of aryl methyl sites for hydroxylation is 1. The SMILES string of the molecule is CC(=O)NC1(C(=O)Nc2ccc(C)c(S(=O)(=O)Nc3cccc(Cl)c3)c2)CCCCC1. The highest BCUT2D eigenvalue weighted by atomic mass is 35.5. The van der Waals surface area contributed by atoms with Crippen LogP contribution in [0.15, 0.2) is 47.4 Å². The minimum Gasteiger partial charge on any atom is -0.342 e. The predicted octanol–water partition coefficient (Wildman–Crippen LogP) is 4.23. The number of rotatable bonds is 6. The fourth-order valence-corrected chi connectivity index (χ4v) is 5.39. The summed E-state index contributed by atoms with van der Waals surface area (Å²) in [4.78, 5) is 24.9. The number of halogens is 1. The molecular weight excluding hydrogens is 438 g/mol. The Bertz CT molecular complexity index is 1100. The van der Waals surface area contributed by atoms with Crippen LogP contribution in [0.5, 0.6) is 0 Å². The van der Waals surface area contributed by atoms with Crippen LogP contribution in [0.25, 0.3) is 0 Å². The van der Waals surface area contributed by atoms with Crippen molar-refractivity contribution >= 4 is 44.8 Å². The van der Waals surface area contributed by atoms with Crippen LogP contribution in [0.3, 0.4) is 0 Å². The zero-order chi connectivity index (χ0) is 22.6. The normalized spacial score (nSPS) is 15.7. The monoisotopic (exact) mass is 463 g/mol. The van der Waals surface area contributed by atoms with Gasteiger partial charge in [-0.15, -0.1) is 0 Å². The lowest BCUT2D eigenvalue weighted by molar-refractivity contribution is -0.130. The van der Waals surface area contributed by atoms with Gasteiger partial charge < -0.3 is 10.6 Å². The summed E-state index contributed by atoms with van der Waals surface area (Å²) >= 11 is 5.94. The van der Waals surface area contributed by atoms with Crippen molar-refractivity contribution in [3.63, 3.8) is 0 Å². The smallest absolute Gasteiger partial charge is 0.262 e. The zero-order valence-corrected chi connectivity index (χ0v) is 19.1. The molecule has 3 N–H and O–H groups in total. The van der Waals surface area contributed by atoms with Crippen LogP contribution in [0.4, 0.5) is 11.4 Å². The molecule has 0 bridgehead atoms. The van der Waals surface area contributed by atoms with Crippen LogP contribution in [0, 0.1) is 6.92 Å². The molecule has 2 amide bonds. The van der Waals surface area contributed by atoms with Crippen molar-refractivity contribution in [2.75, 3.05) is 10.0 Å². The third-order valence-electron chi connectivity index (χ3n) is 5.37. The van der Waals surface area contributed by atoms with Crippen LogP contribution in [0.2, 0.25) is 5.02 Å². The van der Waals surface area contributed by atoms with Gasteiger partial charge in [-0.25, -0.2) is 8.42 Å². The number of carbonyl (C=O) groups excluding carboxylic acids is 2. The number of carbonyl (C=O) groups is 2. The molecule has 1 fully saturated rings. The minimum absolute atomic E-state index is 0.0440. The van der Waals surface area contributed by atoms with E-state index in [9.17, 15) is 18.0 Å². The highest BCUT2D eigenvalue weighted by Crippen LogP contribution is 2.30. The Labute approximate surface area is 187 Å². The van der Waals surface area contributed by atoms with Crippen molar-refractivity contribution in [2.45, 2.75) is 56.4 Å². The van der Waals surface area contributed by atoms with E-state index in [1.165, 1.54) is 19.1 Å². The summed E-state index contributed by atoms with van der Waals surface area (Å²) in [5, 5.41) is 6.03. The fraction of sp³-hybridized carbons (Fsp3) is 0.364. The molecule has 0 aliphatic heterocycles. The largest absolute Gasteiger partial charge is 0.342 e. The van der Waals surface area contributed by atoms with Crippen molar-refractivity contribution in [3.8, 4) is 0 Å². The molecule has 2 aromatic carbocycles. The molecular formula is C22H26ClN3O4S. The molecule has 0 saturated heterocycles. The summed E-state index contributed by atoms with van der Waals surface area (Å²) in [6.45, 7) is 3.07. The quantitative estimate of drug-likeness (QED) is 0.596. The summed E-state index contributed by atoms with van der Waals surface area (Å²) in [5.74, 6) is -0.604. The van der Waals surface area contributed by atoms with E-state index in [1.807, 2.05) is 0 Å². The zero-order valence-electron chi connectivity index (χ0n) is 17.5. The van der Waals surface area contributed by atoms with Gasteiger partial charge in [0.05, 0.1) is 10.6 Å². The van der Waals surface area contributed by atoms with Gasteiger partial charge in [-0.3, -0.25) is 14.3 Å². The Morgan fingerprint density at radius 3 is 2.35 bits per heavy atom. The molecule has 0 radical (unpaired) electrons. The molecule has 166 valence electrons. The highest BCUT2D eigenvalue weighted by molar-refractivity contribution is 7.92. The van der Waals surface area contributed by atoms with Crippen LogP contribution in [-0.4, -0.2) is 25.8 Å². The molecule has 0 heterocycles. The highest BCUT2D eigenvalue weighted by Gasteiger charge is 2.40. The second-order valence-electron chi connectivity index (χ2n) is 7.87. The van der Waals surface area contributed by atoms with Crippen molar-refractivity contribution in [2.24, 2.45) is 0 Å². The molecule has 1 aliphatic rings. The molecule has 31 heavy (non-hydrogen) atoms. The van der Waals surface area contributed by atoms with Gasteiger partial charge in [0.1, 0.15) is 5.54 Å². The second kappa shape index (κ2) is 9.28. The van der Waals surface area contributed by atoms with E-state index in [0.29, 0.717) is 34.8 Å². The second-order valence-corrected chi connectivity index (χ2v) is 9.96. The maximum absolute atomic E-state index is 13.1. The predicted molar refractivity (Wildman–Crippen MR) is 122 cm³/mol. The summed E-state index contributed by atoms with van der Waals surface area (Å²) in [6, 6.07) is 11.1. The van der Waals surface area contributed by atoms with E-state index in [2.05, 4.69) is 15.4 Å². The lowest BCUT2D eigenvalue weighted by Gasteiger charge is -2.36. The Hall–Kier alpha value is -2.58. The number of hydrogen-bond donors (Lipinski definition) is 3. The van der Waals surface area contributed by atoms with E-state index in [-0.39, 0.29) is 16.7 Å². The van der Waals surface area contributed by atoms with Crippen molar-refractivity contribution < 1.29 is 18.0 Å². The van der Waals surface area contributed by atoms with E-state index in [4.69, 9.17) is 11.6 Å². The van der Waals surface area contributed by atoms with Gasteiger partial charge in [-0.1, -0.05) is 43.0 Å². The molecule has 7 nitrogen and oxygen atoms in total. The third-order valence-corrected chi connectivity index (χ3v) is 7.13. The summed E-state index contributed by atoms with van der Waals surface area (Å²) in [6.07, 6.45) is 3.78. The molecule has 0 aromatic heterocycles. The number of sulfonamides is 1. The molecule has 3 rings (SSSR count). The topological polar surface area (TPSA) is 104 Å². The van der Waals surface area contributed by atoms with Crippen LogP contribution >= 0.6 is 11.6 Å². The van der Waals surface area contributed by atoms with Crippen LogP contribution < -0.4 is 15.4 Å². The number of amides is 2. The fourth-order valence-electron chi connectivity index (χ4n) is 3.88. The number of anilines is 2. The van der Waals surface area contributed by atoms with Crippen molar-refractivity contribution in [3.05, 3.63) is 53.1 Å². The summed E-state index contributed by atoms with van der Waals surface area (Å²) in [5.41, 5.74) is 0.236. The lowest BCUT2D eigenvalue weighted by atomic mass is 9.80. The Morgan fingerprint density at radius 1 is 1.00 bits per heavy atom. The van der Waals surface area contributed by atoms with Gasteiger partial charge in [-0.2, -0.15) is 0 Å². The Morgan fingerprint density at radius 2 is 1.71 bits per heavy atom. The Balaban J connectivity index is 1.86. The third kappa shape index (κ3) is 5.57. The van der Waals surface area contributed by atoms with Crippen LogP contribution in [-0.2, 0) is 19.6 Å². The van der Waals surface area contributed by atoms with E-state index in [0.717, 1.165) is 19.3 Å². The van der Waals surface area contributed by atoms with Crippen LogP contribution in [0.1, 0.15) is 44.6 Å². The first-order valence-corrected chi connectivity index (χ1v) is 12.0. The molecule has 1 aliphatic carbocycles. The van der Waals surface area contributed by atoms with Crippen molar-refractivity contribution in [1.82, 2.24) is 5.32 Å². The van der Waals surface area contributed by atoms with E-state index >= 15 is 0 Å². The average molecular weight is 464 g/mol. The number of nitrogens with one attached hydrogen (secondary N) is 3. The molecule has 0 spiro atoms. The first-order valence-electron chi connectivity index (χ1n) is 10.1. The molecule has 1 saturated carbocycles. The number of hydrogen-bond acceptors (Lipinski definition) is 4. The first kappa shape index (κ1) is 23.1. The average Bonchev–Trinajstić information content (AvgIpc) is 2.69. The minimum atomic E-state index is -3.91. The number of benzene rings is 2. The molecule has 0 unspecified atom stereocenters. The lowest BCUT2D eigenvalue weighted by Crippen LogP contribution is -2.57. The van der Waals surface area contributed by atoms with Gasteiger partial charge in [0.15, 0.2) is 0 Å². The van der Waals surface area contributed by atoms with Gasteiger partial charge in [-0.05, 0) is 55.7 Å². The van der Waals surface area contributed by atoms with Gasteiger partial charge >= 0.3 is 0 Å². The Kier molecular flexibility index (Phi) is 6.91. The molecule has 2 aromatic rings.